The summed E-state index contributed by atoms with van der Waals surface area (Å²) in [6.45, 7) is 3.32. The molecule has 1 saturated heterocycles. The average Bonchev–Trinajstić information content (AvgIpc) is 2.88. The maximum atomic E-state index is 13.5. The van der Waals surface area contributed by atoms with Gasteiger partial charge in [0.1, 0.15) is 5.75 Å². The van der Waals surface area contributed by atoms with E-state index in [2.05, 4.69) is 4.72 Å². The first-order valence-electron chi connectivity index (χ1n) is 11.5. The third-order valence-corrected chi connectivity index (χ3v) is 7.59. The van der Waals surface area contributed by atoms with E-state index in [1.165, 1.54) is 19.2 Å². The summed E-state index contributed by atoms with van der Waals surface area (Å²) in [6, 6.07) is 21.1. The summed E-state index contributed by atoms with van der Waals surface area (Å²) in [5.41, 5.74) is 3.01. The number of sulfonamides is 1. The zero-order valence-electron chi connectivity index (χ0n) is 19.5. The van der Waals surface area contributed by atoms with Gasteiger partial charge < -0.3 is 9.64 Å². The number of aryl methyl sites for hydroxylation is 1. The van der Waals surface area contributed by atoms with Crippen molar-refractivity contribution < 1.29 is 17.9 Å². The summed E-state index contributed by atoms with van der Waals surface area (Å²) in [4.78, 5) is 15.0. The van der Waals surface area contributed by atoms with E-state index in [0.29, 0.717) is 18.8 Å². The molecule has 0 radical (unpaired) electrons. The highest BCUT2D eigenvalue weighted by Gasteiger charge is 2.27. The van der Waals surface area contributed by atoms with E-state index in [-0.39, 0.29) is 16.4 Å². The normalized spacial score (nSPS) is 15.1. The van der Waals surface area contributed by atoms with Gasteiger partial charge in [0.2, 0.25) is 10.0 Å². The summed E-state index contributed by atoms with van der Waals surface area (Å²) in [5.74, 6) is 0.166. The lowest BCUT2D eigenvalue weighted by Gasteiger charge is -2.27. The van der Waals surface area contributed by atoms with Gasteiger partial charge in [0.25, 0.3) is 5.91 Å². The van der Waals surface area contributed by atoms with Crippen molar-refractivity contribution in [1.29, 1.82) is 0 Å². The molecule has 1 heterocycles. The number of piperidine rings is 1. The number of rotatable bonds is 7. The van der Waals surface area contributed by atoms with Crippen LogP contribution >= 0.6 is 0 Å². The number of ether oxygens (including phenoxy) is 1. The van der Waals surface area contributed by atoms with Gasteiger partial charge in [-0.2, -0.15) is 4.72 Å². The molecule has 3 aromatic rings. The Morgan fingerprint density at radius 3 is 2.21 bits per heavy atom. The minimum Gasteiger partial charge on any atom is -0.496 e. The molecule has 1 aliphatic rings. The molecule has 1 amide bonds. The Bertz CT molecular complexity index is 1240. The second kappa shape index (κ2) is 10.4. The predicted octanol–water partition coefficient (Wildman–Crippen LogP) is 4.70. The number of nitrogens with zero attached hydrogens (tertiary/aromatic N) is 1. The molecule has 1 N–H and O–H groups in total. The van der Waals surface area contributed by atoms with Crippen LogP contribution in [0.3, 0.4) is 0 Å². The molecular weight excluding hydrogens is 448 g/mol. The first kappa shape index (κ1) is 24.0. The van der Waals surface area contributed by atoms with Crippen LogP contribution in [0.2, 0.25) is 0 Å². The van der Waals surface area contributed by atoms with Crippen molar-refractivity contribution in [2.45, 2.75) is 37.1 Å². The van der Waals surface area contributed by atoms with E-state index in [0.717, 1.165) is 36.0 Å². The van der Waals surface area contributed by atoms with E-state index < -0.39 is 16.1 Å². The lowest BCUT2D eigenvalue weighted by Crippen LogP contribution is -2.36. The van der Waals surface area contributed by atoms with Crippen molar-refractivity contribution in [3.8, 4) is 5.75 Å². The zero-order valence-corrected chi connectivity index (χ0v) is 20.3. The second-order valence-corrected chi connectivity index (χ2v) is 10.3. The molecule has 0 aliphatic carbocycles. The van der Waals surface area contributed by atoms with Crippen LogP contribution in [0, 0.1) is 6.92 Å². The Labute approximate surface area is 201 Å². The third kappa shape index (κ3) is 5.32. The van der Waals surface area contributed by atoms with Gasteiger partial charge in [-0.1, -0.05) is 60.2 Å². The fraction of sp³-hybridized carbons (Fsp3) is 0.296. The topological polar surface area (TPSA) is 75.7 Å². The summed E-state index contributed by atoms with van der Waals surface area (Å²) < 4.78 is 35.3. The van der Waals surface area contributed by atoms with E-state index in [1.54, 1.807) is 11.0 Å². The van der Waals surface area contributed by atoms with Crippen molar-refractivity contribution >= 4 is 15.9 Å². The predicted molar refractivity (Wildman–Crippen MR) is 133 cm³/mol. The summed E-state index contributed by atoms with van der Waals surface area (Å²) in [5, 5.41) is 0. The van der Waals surface area contributed by atoms with Gasteiger partial charge in [0.05, 0.1) is 23.6 Å². The molecule has 0 aromatic heterocycles. The number of hydrogen-bond donors (Lipinski definition) is 1. The van der Waals surface area contributed by atoms with Crippen molar-refractivity contribution in [2.24, 2.45) is 0 Å². The van der Waals surface area contributed by atoms with Gasteiger partial charge in [-0.25, -0.2) is 8.42 Å². The fourth-order valence-electron chi connectivity index (χ4n) is 4.24. The van der Waals surface area contributed by atoms with Gasteiger partial charge in [0.15, 0.2) is 0 Å². The maximum absolute atomic E-state index is 13.5. The molecule has 7 heteroatoms. The standard InChI is InChI=1S/C27H30N2O4S/c1-20-11-13-22(14-12-20)26(21-9-5-3-6-10-21)28-34(31,32)23-15-16-25(33-2)24(19-23)27(30)29-17-7-4-8-18-29/h3,5-6,9-16,19,26,28H,4,7-8,17-18H2,1-2H3. The highest BCUT2D eigenvalue weighted by atomic mass is 32.2. The Balaban J connectivity index is 1.69. The van der Waals surface area contributed by atoms with E-state index in [4.69, 9.17) is 4.74 Å². The molecule has 34 heavy (non-hydrogen) atoms. The average molecular weight is 479 g/mol. The number of carbonyl (C=O) groups is 1. The summed E-state index contributed by atoms with van der Waals surface area (Å²) in [7, 11) is -2.47. The lowest BCUT2D eigenvalue weighted by molar-refractivity contribution is 0.0720. The Morgan fingerprint density at radius 1 is 0.912 bits per heavy atom. The highest BCUT2D eigenvalue weighted by Crippen LogP contribution is 2.28. The third-order valence-electron chi connectivity index (χ3n) is 6.17. The van der Waals surface area contributed by atoms with Crippen LogP contribution in [-0.2, 0) is 10.0 Å². The molecule has 178 valence electrons. The Hall–Kier alpha value is -3.16. The second-order valence-electron chi connectivity index (χ2n) is 8.59. The number of nitrogens with one attached hydrogen (secondary N) is 1. The molecule has 1 atom stereocenters. The van der Waals surface area contributed by atoms with Gasteiger partial charge in [-0.15, -0.1) is 0 Å². The first-order valence-corrected chi connectivity index (χ1v) is 13.0. The molecule has 1 aliphatic heterocycles. The van der Waals surface area contributed by atoms with Crippen molar-refractivity contribution in [1.82, 2.24) is 9.62 Å². The highest BCUT2D eigenvalue weighted by molar-refractivity contribution is 7.89. The molecular formula is C27H30N2O4S. The molecule has 1 fully saturated rings. The summed E-state index contributed by atoms with van der Waals surface area (Å²) >= 11 is 0. The van der Waals surface area contributed by atoms with E-state index in [1.807, 2.05) is 61.5 Å². The van der Waals surface area contributed by atoms with Crippen LogP contribution in [0.4, 0.5) is 0 Å². The van der Waals surface area contributed by atoms with Gasteiger partial charge >= 0.3 is 0 Å². The molecule has 4 rings (SSSR count). The van der Waals surface area contributed by atoms with Crippen molar-refractivity contribution in [3.05, 3.63) is 95.1 Å². The van der Waals surface area contributed by atoms with Crippen LogP contribution in [0.25, 0.3) is 0 Å². The van der Waals surface area contributed by atoms with Gasteiger partial charge in [-0.3, -0.25) is 4.79 Å². The Morgan fingerprint density at radius 2 is 1.56 bits per heavy atom. The van der Waals surface area contributed by atoms with Crippen LogP contribution in [0.1, 0.15) is 52.4 Å². The number of hydrogen-bond acceptors (Lipinski definition) is 4. The maximum Gasteiger partial charge on any atom is 0.257 e. The lowest BCUT2D eigenvalue weighted by atomic mass is 9.99. The van der Waals surface area contributed by atoms with Crippen LogP contribution in [0.5, 0.6) is 5.75 Å². The van der Waals surface area contributed by atoms with E-state index >= 15 is 0 Å². The smallest absolute Gasteiger partial charge is 0.257 e. The van der Waals surface area contributed by atoms with Crippen molar-refractivity contribution in [3.63, 3.8) is 0 Å². The quantitative estimate of drug-likeness (QED) is 0.534. The van der Waals surface area contributed by atoms with Gasteiger partial charge in [-0.05, 0) is 55.5 Å². The number of likely N-dealkylation sites (tertiary alicyclic amines) is 1. The SMILES string of the molecule is COc1ccc(S(=O)(=O)NC(c2ccccc2)c2ccc(C)cc2)cc1C(=O)N1CCCCC1. The molecule has 0 bridgehead atoms. The Kier molecular flexibility index (Phi) is 7.34. The number of benzene rings is 3. The summed E-state index contributed by atoms with van der Waals surface area (Å²) in [6.07, 6.45) is 2.99. The number of carbonyl (C=O) groups excluding carboxylic acids is 1. The monoisotopic (exact) mass is 478 g/mol. The minimum atomic E-state index is -3.95. The van der Waals surface area contributed by atoms with Crippen LogP contribution in [-0.4, -0.2) is 39.4 Å². The van der Waals surface area contributed by atoms with Crippen molar-refractivity contribution in [2.75, 3.05) is 20.2 Å². The largest absolute Gasteiger partial charge is 0.496 e. The fourth-order valence-corrected chi connectivity index (χ4v) is 5.48. The molecule has 0 saturated carbocycles. The minimum absolute atomic E-state index is 0.0294. The van der Waals surface area contributed by atoms with Crippen LogP contribution in [0.15, 0.2) is 77.7 Å². The molecule has 0 spiro atoms. The van der Waals surface area contributed by atoms with E-state index in [9.17, 15) is 13.2 Å². The molecule has 6 nitrogen and oxygen atoms in total. The zero-order chi connectivity index (χ0) is 24.1. The number of methoxy groups -OCH3 is 1. The molecule has 3 aromatic carbocycles. The van der Waals surface area contributed by atoms with Gasteiger partial charge in [0, 0.05) is 13.1 Å². The number of amides is 1. The molecule has 1 unspecified atom stereocenters. The first-order chi connectivity index (χ1) is 16.4. The van der Waals surface area contributed by atoms with Crippen LogP contribution < -0.4 is 9.46 Å².